The van der Waals surface area contributed by atoms with Gasteiger partial charge in [0.2, 0.25) is 0 Å². The van der Waals surface area contributed by atoms with Crippen molar-refractivity contribution < 1.29 is 9.53 Å². The Morgan fingerprint density at radius 2 is 1.44 bits per heavy atom. The van der Waals surface area contributed by atoms with Gasteiger partial charge < -0.3 is 4.74 Å². The van der Waals surface area contributed by atoms with Gasteiger partial charge in [-0.3, -0.25) is 4.79 Å². The molecule has 0 radical (unpaired) electrons. The maximum absolute atomic E-state index is 10.4. The summed E-state index contributed by atoms with van der Waals surface area (Å²) in [5, 5.41) is 0. The Hall–Kier alpha value is -2.09. The van der Waals surface area contributed by atoms with Crippen molar-refractivity contribution in [3.05, 3.63) is 66.2 Å². The molecule has 0 unspecified atom stereocenters. The van der Waals surface area contributed by atoms with Crippen LogP contribution in [0, 0.1) is 0 Å². The van der Waals surface area contributed by atoms with Gasteiger partial charge in [0.1, 0.15) is 5.75 Å². The molecule has 2 aromatic rings. The summed E-state index contributed by atoms with van der Waals surface area (Å²) < 4.78 is 4.78. The summed E-state index contributed by atoms with van der Waals surface area (Å²) in [5.41, 5.74) is 1.41. The van der Waals surface area contributed by atoms with Gasteiger partial charge in [-0.1, -0.05) is 55.5 Å². The number of esters is 1. The van der Waals surface area contributed by atoms with Crippen molar-refractivity contribution >= 4 is 5.97 Å². The van der Waals surface area contributed by atoms with Gasteiger partial charge in [0.15, 0.2) is 0 Å². The molecular formula is C16H18O2. The van der Waals surface area contributed by atoms with E-state index >= 15 is 0 Å². The second-order valence-electron chi connectivity index (χ2n) is 3.75. The second kappa shape index (κ2) is 8.07. The number of para-hydroxylation sites is 1. The maximum Gasteiger partial charge on any atom is 0.308 e. The lowest BCUT2D eigenvalue weighted by molar-refractivity contribution is -0.131. The zero-order valence-electron chi connectivity index (χ0n) is 10.8. The molecule has 0 amide bonds. The Kier molecular flexibility index (Phi) is 6.26. The summed E-state index contributed by atoms with van der Waals surface area (Å²) >= 11 is 0. The van der Waals surface area contributed by atoms with Crippen LogP contribution in [-0.2, 0) is 11.2 Å². The molecule has 0 aliphatic heterocycles. The highest BCUT2D eigenvalue weighted by Crippen LogP contribution is 2.07. The lowest BCUT2D eigenvalue weighted by Gasteiger charge is -1.97. The van der Waals surface area contributed by atoms with E-state index in [2.05, 4.69) is 31.2 Å². The van der Waals surface area contributed by atoms with Gasteiger partial charge in [0.25, 0.3) is 0 Å². The van der Waals surface area contributed by atoms with Crippen LogP contribution < -0.4 is 4.74 Å². The van der Waals surface area contributed by atoms with E-state index in [-0.39, 0.29) is 5.97 Å². The summed E-state index contributed by atoms with van der Waals surface area (Å²) in [5.74, 6) is 0.307. The van der Waals surface area contributed by atoms with Crippen molar-refractivity contribution in [3.8, 4) is 5.75 Å². The quantitative estimate of drug-likeness (QED) is 0.590. The minimum atomic E-state index is -0.286. The van der Waals surface area contributed by atoms with Crippen LogP contribution >= 0.6 is 0 Å². The molecule has 0 aliphatic rings. The lowest BCUT2D eigenvalue weighted by Crippen LogP contribution is -2.00. The fourth-order valence-electron chi connectivity index (χ4n) is 1.37. The van der Waals surface area contributed by atoms with Crippen molar-refractivity contribution in [2.24, 2.45) is 0 Å². The monoisotopic (exact) mass is 242 g/mol. The minimum Gasteiger partial charge on any atom is -0.427 e. The van der Waals surface area contributed by atoms with Crippen molar-refractivity contribution in [3.63, 3.8) is 0 Å². The van der Waals surface area contributed by atoms with Crippen LogP contribution in [0.2, 0.25) is 0 Å². The van der Waals surface area contributed by atoms with E-state index in [0.29, 0.717) is 5.75 Å². The van der Waals surface area contributed by atoms with Crippen molar-refractivity contribution in [2.45, 2.75) is 20.3 Å². The molecule has 0 atom stereocenters. The van der Waals surface area contributed by atoms with E-state index < -0.39 is 0 Å². The molecule has 0 heterocycles. The number of rotatable bonds is 2. The van der Waals surface area contributed by atoms with Crippen LogP contribution in [0.15, 0.2) is 60.7 Å². The highest BCUT2D eigenvalue weighted by Gasteiger charge is 1.92. The van der Waals surface area contributed by atoms with Crippen molar-refractivity contribution in [1.82, 2.24) is 0 Å². The molecule has 2 heteroatoms. The molecule has 2 nitrogen and oxygen atoms in total. The number of aryl methyl sites for hydroxylation is 1. The predicted molar refractivity (Wildman–Crippen MR) is 73.6 cm³/mol. The number of hydrogen-bond donors (Lipinski definition) is 0. The number of hydrogen-bond acceptors (Lipinski definition) is 2. The first-order valence-electron chi connectivity index (χ1n) is 5.99. The third-order valence-electron chi connectivity index (χ3n) is 2.26. The van der Waals surface area contributed by atoms with Gasteiger partial charge in [-0.15, -0.1) is 0 Å². The fraction of sp³-hybridized carbons (Fsp3) is 0.188. The Morgan fingerprint density at radius 3 is 1.83 bits per heavy atom. The highest BCUT2D eigenvalue weighted by molar-refractivity contribution is 5.69. The Morgan fingerprint density at radius 1 is 0.944 bits per heavy atom. The molecule has 0 bridgehead atoms. The van der Waals surface area contributed by atoms with Crippen LogP contribution in [0.5, 0.6) is 5.75 Å². The van der Waals surface area contributed by atoms with Gasteiger partial charge in [-0.05, 0) is 24.1 Å². The molecule has 0 fully saturated rings. The number of ether oxygens (including phenoxy) is 1. The van der Waals surface area contributed by atoms with E-state index in [1.165, 1.54) is 12.5 Å². The summed E-state index contributed by atoms with van der Waals surface area (Å²) in [6, 6.07) is 19.4. The fourth-order valence-corrected chi connectivity index (χ4v) is 1.37. The number of carbonyl (C=O) groups excluding carboxylic acids is 1. The molecule has 94 valence electrons. The summed E-state index contributed by atoms with van der Waals surface area (Å²) in [6.45, 7) is 3.54. The predicted octanol–water partition coefficient (Wildman–Crippen LogP) is 3.86. The number of carbonyl (C=O) groups is 1. The van der Waals surface area contributed by atoms with E-state index in [9.17, 15) is 4.79 Å². The molecule has 18 heavy (non-hydrogen) atoms. The lowest BCUT2D eigenvalue weighted by atomic mass is 10.2. The molecule has 0 N–H and O–H groups in total. The largest absolute Gasteiger partial charge is 0.427 e. The van der Waals surface area contributed by atoms with E-state index in [0.717, 1.165) is 6.42 Å². The third-order valence-corrected chi connectivity index (χ3v) is 2.26. The minimum absolute atomic E-state index is 0.286. The summed E-state index contributed by atoms with van der Waals surface area (Å²) in [4.78, 5) is 10.4. The zero-order valence-corrected chi connectivity index (χ0v) is 10.8. The van der Waals surface area contributed by atoms with Crippen LogP contribution in [0.25, 0.3) is 0 Å². The third kappa shape index (κ3) is 5.85. The Balaban J connectivity index is 0.000000184. The van der Waals surface area contributed by atoms with Crippen LogP contribution in [-0.4, -0.2) is 5.97 Å². The molecule has 0 aliphatic carbocycles. The normalized spacial score (nSPS) is 9.00. The Bertz CT molecular complexity index is 449. The molecular weight excluding hydrogens is 224 g/mol. The average Bonchev–Trinajstić information content (AvgIpc) is 2.41. The average molecular weight is 242 g/mol. The first-order chi connectivity index (χ1) is 8.72. The molecule has 0 aromatic heterocycles. The topological polar surface area (TPSA) is 26.3 Å². The van der Waals surface area contributed by atoms with E-state index in [4.69, 9.17) is 4.74 Å². The van der Waals surface area contributed by atoms with Crippen molar-refractivity contribution in [2.75, 3.05) is 0 Å². The molecule has 2 rings (SSSR count). The molecule has 0 saturated heterocycles. The van der Waals surface area contributed by atoms with Crippen molar-refractivity contribution in [1.29, 1.82) is 0 Å². The Labute approximate surface area is 108 Å². The summed E-state index contributed by atoms with van der Waals surface area (Å²) in [6.07, 6.45) is 1.14. The van der Waals surface area contributed by atoms with Crippen LogP contribution in [0.4, 0.5) is 0 Å². The van der Waals surface area contributed by atoms with E-state index in [1.807, 2.05) is 24.3 Å². The van der Waals surface area contributed by atoms with Gasteiger partial charge in [-0.2, -0.15) is 0 Å². The molecule has 2 aromatic carbocycles. The highest BCUT2D eigenvalue weighted by atomic mass is 16.5. The SMILES string of the molecule is CC(=O)Oc1ccccc1.CCc1ccccc1. The van der Waals surface area contributed by atoms with E-state index in [1.54, 1.807) is 12.1 Å². The van der Waals surface area contributed by atoms with Crippen LogP contribution in [0.3, 0.4) is 0 Å². The second-order valence-corrected chi connectivity index (χ2v) is 3.75. The number of benzene rings is 2. The molecule has 0 saturated carbocycles. The maximum atomic E-state index is 10.4. The first-order valence-corrected chi connectivity index (χ1v) is 5.99. The van der Waals surface area contributed by atoms with Gasteiger partial charge in [0, 0.05) is 6.92 Å². The smallest absolute Gasteiger partial charge is 0.308 e. The van der Waals surface area contributed by atoms with Gasteiger partial charge >= 0.3 is 5.97 Å². The summed E-state index contributed by atoms with van der Waals surface area (Å²) in [7, 11) is 0. The van der Waals surface area contributed by atoms with Crippen LogP contribution in [0.1, 0.15) is 19.4 Å². The standard InChI is InChI=1S/C8H8O2.C8H10/c1-7(9)10-8-5-3-2-4-6-8;1-2-8-6-4-3-5-7-8/h2-6H,1H3;3-7H,2H2,1H3. The zero-order chi connectivity index (χ0) is 13.2. The van der Waals surface area contributed by atoms with Gasteiger partial charge in [-0.25, -0.2) is 0 Å². The first kappa shape index (κ1) is 14.0. The molecule has 0 spiro atoms. The van der Waals surface area contributed by atoms with Gasteiger partial charge in [0.05, 0.1) is 0 Å².